The Kier molecular flexibility index (Phi) is 3.94. The summed E-state index contributed by atoms with van der Waals surface area (Å²) in [5.41, 5.74) is 0.877. The Morgan fingerprint density at radius 3 is 2.82 bits per heavy atom. The first-order chi connectivity index (χ1) is 8.15. The summed E-state index contributed by atoms with van der Waals surface area (Å²) in [7, 11) is 0. The molecule has 0 aromatic carbocycles. The Hall–Kier alpha value is -1.16. The zero-order valence-corrected chi connectivity index (χ0v) is 10.5. The Bertz CT molecular complexity index is 420. The Balaban J connectivity index is 2.21. The third-order valence-electron chi connectivity index (χ3n) is 3.04. The summed E-state index contributed by atoms with van der Waals surface area (Å²) in [6.07, 6.45) is 2.77. The fourth-order valence-corrected chi connectivity index (χ4v) is 2.22. The maximum absolute atomic E-state index is 11.6. The van der Waals surface area contributed by atoms with E-state index < -0.39 is 0 Å². The average molecular weight is 236 g/mol. The second kappa shape index (κ2) is 5.45. The lowest BCUT2D eigenvalue weighted by molar-refractivity contribution is 0.0834. The first-order valence-corrected chi connectivity index (χ1v) is 6.33. The maximum Gasteiger partial charge on any atom is 0.251 e. The molecule has 94 valence electrons. The SMILES string of the molecule is CC(C)Cc1cc(=O)[nH]c(C2CCOCC2)n1. The molecular weight excluding hydrogens is 216 g/mol. The minimum Gasteiger partial charge on any atom is -0.381 e. The molecule has 1 aromatic rings. The topological polar surface area (TPSA) is 55.0 Å². The molecule has 0 atom stereocenters. The number of nitrogens with zero attached hydrogens (tertiary/aromatic N) is 1. The fraction of sp³-hybridized carbons (Fsp3) is 0.692. The largest absolute Gasteiger partial charge is 0.381 e. The molecule has 1 fully saturated rings. The highest BCUT2D eigenvalue weighted by atomic mass is 16.5. The lowest BCUT2D eigenvalue weighted by atomic mass is 9.99. The van der Waals surface area contributed by atoms with Crippen molar-refractivity contribution in [1.82, 2.24) is 9.97 Å². The Labute approximate surface area is 101 Å². The molecule has 4 heteroatoms. The fourth-order valence-electron chi connectivity index (χ4n) is 2.22. The van der Waals surface area contributed by atoms with E-state index in [0.717, 1.165) is 44.0 Å². The quantitative estimate of drug-likeness (QED) is 0.871. The number of rotatable bonds is 3. The van der Waals surface area contributed by atoms with E-state index >= 15 is 0 Å². The van der Waals surface area contributed by atoms with E-state index in [0.29, 0.717) is 11.8 Å². The molecule has 2 rings (SSSR count). The van der Waals surface area contributed by atoms with Crippen LogP contribution in [-0.4, -0.2) is 23.2 Å². The van der Waals surface area contributed by atoms with Crippen LogP contribution in [0.25, 0.3) is 0 Å². The zero-order chi connectivity index (χ0) is 12.3. The molecular formula is C13H20N2O2. The summed E-state index contributed by atoms with van der Waals surface area (Å²) < 4.78 is 5.33. The summed E-state index contributed by atoms with van der Waals surface area (Å²) in [6.45, 7) is 5.81. The number of aromatic nitrogens is 2. The normalized spacial score (nSPS) is 17.6. The monoisotopic (exact) mass is 236 g/mol. The second-order valence-corrected chi connectivity index (χ2v) is 5.11. The predicted molar refractivity (Wildman–Crippen MR) is 66.2 cm³/mol. The zero-order valence-electron chi connectivity index (χ0n) is 10.5. The van der Waals surface area contributed by atoms with Gasteiger partial charge in [-0.25, -0.2) is 4.98 Å². The minimum absolute atomic E-state index is 0.0304. The van der Waals surface area contributed by atoms with Gasteiger partial charge in [-0.05, 0) is 25.2 Å². The lowest BCUT2D eigenvalue weighted by Crippen LogP contribution is -2.21. The van der Waals surface area contributed by atoms with Gasteiger partial charge in [0.1, 0.15) is 5.82 Å². The molecule has 0 amide bonds. The highest BCUT2D eigenvalue weighted by molar-refractivity contribution is 5.07. The van der Waals surface area contributed by atoms with Crippen molar-refractivity contribution < 1.29 is 4.74 Å². The predicted octanol–water partition coefficient (Wildman–Crippen LogP) is 1.86. The van der Waals surface area contributed by atoms with Gasteiger partial charge in [0.2, 0.25) is 0 Å². The smallest absolute Gasteiger partial charge is 0.251 e. The van der Waals surface area contributed by atoms with E-state index in [1.807, 2.05) is 0 Å². The van der Waals surface area contributed by atoms with Crippen LogP contribution in [0.2, 0.25) is 0 Å². The van der Waals surface area contributed by atoms with Gasteiger partial charge >= 0.3 is 0 Å². The third-order valence-corrected chi connectivity index (χ3v) is 3.04. The van der Waals surface area contributed by atoms with Crippen LogP contribution in [-0.2, 0) is 11.2 Å². The summed E-state index contributed by atoms with van der Waals surface area (Å²) in [5, 5.41) is 0. The lowest BCUT2D eigenvalue weighted by Gasteiger charge is -2.21. The van der Waals surface area contributed by atoms with Gasteiger partial charge in [0.15, 0.2) is 0 Å². The van der Waals surface area contributed by atoms with Gasteiger partial charge in [0.25, 0.3) is 5.56 Å². The summed E-state index contributed by atoms with van der Waals surface area (Å²) >= 11 is 0. The summed E-state index contributed by atoms with van der Waals surface area (Å²) in [4.78, 5) is 19.1. The molecule has 17 heavy (non-hydrogen) atoms. The van der Waals surface area contributed by atoms with Crippen LogP contribution in [0.3, 0.4) is 0 Å². The van der Waals surface area contributed by atoms with E-state index in [9.17, 15) is 4.79 Å². The van der Waals surface area contributed by atoms with E-state index in [-0.39, 0.29) is 5.56 Å². The van der Waals surface area contributed by atoms with Gasteiger partial charge in [-0.3, -0.25) is 4.79 Å². The molecule has 2 heterocycles. The van der Waals surface area contributed by atoms with Gasteiger partial charge in [0, 0.05) is 30.9 Å². The first kappa shape index (κ1) is 12.3. The van der Waals surface area contributed by atoms with Crippen LogP contribution in [0.15, 0.2) is 10.9 Å². The molecule has 1 aliphatic rings. The molecule has 4 nitrogen and oxygen atoms in total. The van der Waals surface area contributed by atoms with Gasteiger partial charge < -0.3 is 9.72 Å². The Morgan fingerprint density at radius 1 is 1.47 bits per heavy atom. The van der Waals surface area contributed by atoms with Crippen molar-refractivity contribution in [2.24, 2.45) is 5.92 Å². The summed E-state index contributed by atoms with van der Waals surface area (Å²) in [6, 6.07) is 1.61. The highest BCUT2D eigenvalue weighted by Gasteiger charge is 2.18. The van der Waals surface area contributed by atoms with E-state index in [1.54, 1.807) is 6.07 Å². The number of aromatic amines is 1. The van der Waals surface area contributed by atoms with Crippen LogP contribution >= 0.6 is 0 Å². The minimum atomic E-state index is -0.0304. The number of nitrogens with one attached hydrogen (secondary N) is 1. The van der Waals surface area contributed by atoms with Gasteiger partial charge in [-0.15, -0.1) is 0 Å². The standard InChI is InChI=1S/C13H20N2O2/c1-9(2)7-11-8-12(16)15-13(14-11)10-3-5-17-6-4-10/h8-10H,3-7H2,1-2H3,(H,14,15,16). The summed E-state index contributed by atoms with van der Waals surface area (Å²) in [5.74, 6) is 1.71. The molecule has 0 bridgehead atoms. The molecule has 1 saturated heterocycles. The van der Waals surface area contributed by atoms with Gasteiger partial charge in [-0.1, -0.05) is 13.8 Å². The average Bonchev–Trinajstić information content (AvgIpc) is 2.28. The highest BCUT2D eigenvalue weighted by Crippen LogP contribution is 2.23. The van der Waals surface area contributed by atoms with Crippen LogP contribution in [0.1, 0.15) is 44.1 Å². The molecule has 1 N–H and O–H groups in total. The van der Waals surface area contributed by atoms with Crippen molar-refractivity contribution in [1.29, 1.82) is 0 Å². The van der Waals surface area contributed by atoms with Crippen molar-refractivity contribution in [3.05, 3.63) is 27.9 Å². The Morgan fingerprint density at radius 2 is 2.18 bits per heavy atom. The maximum atomic E-state index is 11.6. The van der Waals surface area contributed by atoms with Crippen molar-refractivity contribution in [3.63, 3.8) is 0 Å². The van der Waals surface area contributed by atoms with E-state index in [2.05, 4.69) is 23.8 Å². The van der Waals surface area contributed by atoms with Crippen LogP contribution < -0.4 is 5.56 Å². The van der Waals surface area contributed by atoms with Crippen molar-refractivity contribution in [2.45, 2.75) is 39.0 Å². The molecule has 0 spiro atoms. The van der Waals surface area contributed by atoms with Crippen molar-refractivity contribution >= 4 is 0 Å². The van der Waals surface area contributed by atoms with Gasteiger partial charge in [0.05, 0.1) is 0 Å². The van der Waals surface area contributed by atoms with Gasteiger partial charge in [-0.2, -0.15) is 0 Å². The first-order valence-electron chi connectivity index (χ1n) is 6.33. The molecule has 0 aliphatic carbocycles. The molecule has 1 aliphatic heterocycles. The van der Waals surface area contributed by atoms with Crippen LogP contribution in [0, 0.1) is 5.92 Å². The number of hydrogen-bond donors (Lipinski definition) is 1. The third kappa shape index (κ3) is 3.40. The number of hydrogen-bond acceptors (Lipinski definition) is 3. The number of ether oxygens (including phenoxy) is 1. The van der Waals surface area contributed by atoms with E-state index in [4.69, 9.17) is 4.74 Å². The second-order valence-electron chi connectivity index (χ2n) is 5.11. The van der Waals surface area contributed by atoms with Crippen LogP contribution in [0.5, 0.6) is 0 Å². The molecule has 0 unspecified atom stereocenters. The van der Waals surface area contributed by atoms with Crippen molar-refractivity contribution in [2.75, 3.05) is 13.2 Å². The molecule has 0 radical (unpaired) electrons. The molecule has 0 saturated carbocycles. The van der Waals surface area contributed by atoms with E-state index in [1.165, 1.54) is 0 Å². The van der Waals surface area contributed by atoms with Crippen molar-refractivity contribution in [3.8, 4) is 0 Å². The van der Waals surface area contributed by atoms with Crippen LogP contribution in [0.4, 0.5) is 0 Å². The number of H-pyrrole nitrogens is 1. The molecule has 1 aromatic heterocycles.